The molecule has 0 saturated heterocycles. The van der Waals surface area contributed by atoms with Crippen LogP contribution in [0.4, 0.5) is 10.2 Å². The van der Waals surface area contributed by atoms with Crippen molar-refractivity contribution in [1.29, 1.82) is 0 Å². The number of aromatic nitrogens is 3. The molecule has 0 atom stereocenters. The molecule has 0 saturated carbocycles. The van der Waals surface area contributed by atoms with Gasteiger partial charge >= 0.3 is 0 Å². The van der Waals surface area contributed by atoms with E-state index in [-0.39, 0.29) is 24.1 Å². The Morgan fingerprint density at radius 2 is 2.03 bits per heavy atom. The van der Waals surface area contributed by atoms with Crippen molar-refractivity contribution in [3.8, 4) is 0 Å². The van der Waals surface area contributed by atoms with Crippen molar-refractivity contribution in [2.24, 2.45) is 0 Å². The van der Waals surface area contributed by atoms with Crippen LogP contribution in [0.5, 0.6) is 0 Å². The molecule has 0 bridgehead atoms. The van der Waals surface area contributed by atoms with Gasteiger partial charge in [-0.3, -0.25) is 14.8 Å². The van der Waals surface area contributed by atoms with Crippen LogP contribution in [0.1, 0.15) is 32.9 Å². The van der Waals surface area contributed by atoms with Crippen LogP contribution in [0.15, 0.2) is 53.7 Å². The summed E-state index contributed by atoms with van der Waals surface area (Å²) in [7, 11) is 0. The molecule has 3 heterocycles. The Morgan fingerprint density at radius 1 is 1.21 bits per heavy atom. The van der Waals surface area contributed by atoms with E-state index in [1.54, 1.807) is 36.2 Å². The molecule has 0 aliphatic rings. The maximum absolute atomic E-state index is 13.7. The highest BCUT2D eigenvalue weighted by Gasteiger charge is 2.12. The zero-order chi connectivity index (χ0) is 23.5. The monoisotopic (exact) mass is 481 g/mol. The van der Waals surface area contributed by atoms with Crippen LogP contribution >= 0.6 is 23.4 Å². The minimum absolute atomic E-state index is 0.236. The second-order valence-corrected chi connectivity index (χ2v) is 8.77. The van der Waals surface area contributed by atoms with Crippen LogP contribution in [0.2, 0.25) is 5.02 Å². The number of pyridine rings is 3. The van der Waals surface area contributed by atoms with Gasteiger partial charge in [-0.15, -0.1) is 11.8 Å². The fraction of sp³-hybridized carbons (Fsp3) is 0.167. The number of halogens is 2. The number of hydrogen-bond donors (Lipinski definition) is 2. The van der Waals surface area contributed by atoms with E-state index in [1.807, 2.05) is 25.3 Å². The van der Waals surface area contributed by atoms with Gasteiger partial charge < -0.3 is 11.1 Å². The lowest BCUT2D eigenvalue weighted by atomic mass is 10.0. The molecule has 0 fully saturated rings. The summed E-state index contributed by atoms with van der Waals surface area (Å²) in [4.78, 5) is 26.5. The molecule has 168 valence electrons. The SMILES string of the molecule is CSc1cc(Cc2cc(C(=O)NCc3cc(Cl)c(N)nc3C)ccn2)cc2cc(F)cnc12. The van der Waals surface area contributed by atoms with Crippen LogP contribution < -0.4 is 11.1 Å². The van der Waals surface area contributed by atoms with Gasteiger partial charge in [0, 0.05) is 46.4 Å². The summed E-state index contributed by atoms with van der Waals surface area (Å²) >= 11 is 7.60. The average molecular weight is 482 g/mol. The lowest BCUT2D eigenvalue weighted by molar-refractivity contribution is 0.0950. The van der Waals surface area contributed by atoms with Crippen molar-refractivity contribution in [1.82, 2.24) is 20.3 Å². The first kappa shape index (κ1) is 22.9. The van der Waals surface area contributed by atoms with Crippen LogP contribution in [-0.2, 0) is 13.0 Å². The molecule has 4 rings (SSSR count). The molecule has 0 aliphatic heterocycles. The minimum atomic E-state index is -0.378. The van der Waals surface area contributed by atoms with Gasteiger partial charge in [0.15, 0.2) is 0 Å². The van der Waals surface area contributed by atoms with Gasteiger partial charge in [0.2, 0.25) is 0 Å². The first-order valence-electron chi connectivity index (χ1n) is 10.1. The number of benzene rings is 1. The zero-order valence-electron chi connectivity index (χ0n) is 18.0. The topological polar surface area (TPSA) is 93.8 Å². The van der Waals surface area contributed by atoms with E-state index >= 15 is 0 Å². The van der Waals surface area contributed by atoms with E-state index in [4.69, 9.17) is 17.3 Å². The highest BCUT2D eigenvalue weighted by molar-refractivity contribution is 7.98. The standard InChI is InChI=1S/C24H21ClFN5OS/c1-13-17(10-20(25)23(27)31-13)11-30-24(32)15-3-4-28-19(9-15)6-14-5-16-8-18(26)12-29-22(16)21(7-14)33-2/h3-5,7-10,12H,6,11H2,1-2H3,(H2,27,31)(H,30,32). The smallest absolute Gasteiger partial charge is 0.251 e. The first-order valence-corrected chi connectivity index (χ1v) is 11.7. The normalized spacial score (nSPS) is 11.0. The Bertz CT molecular complexity index is 1360. The van der Waals surface area contributed by atoms with E-state index < -0.39 is 0 Å². The predicted octanol–water partition coefficient (Wildman–Crippen LogP) is 4.95. The Morgan fingerprint density at radius 3 is 2.82 bits per heavy atom. The molecule has 0 aliphatic carbocycles. The zero-order valence-corrected chi connectivity index (χ0v) is 19.6. The van der Waals surface area contributed by atoms with Gasteiger partial charge in [0.1, 0.15) is 11.6 Å². The van der Waals surface area contributed by atoms with Gasteiger partial charge in [0.25, 0.3) is 5.91 Å². The van der Waals surface area contributed by atoms with E-state index in [0.717, 1.165) is 32.6 Å². The van der Waals surface area contributed by atoms with Gasteiger partial charge in [-0.1, -0.05) is 11.6 Å². The van der Waals surface area contributed by atoms with Crippen LogP contribution in [-0.4, -0.2) is 27.1 Å². The summed E-state index contributed by atoms with van der Waals surface area (Å²) in [5, 5.41) is 3.97. The highest BCUT2D eigenvalue weighted by Crippen LogP contribution is 2.28. The first-order chi connectivity index (χ1) is 15.8. The molecule has 1 amide bonds. The number of thioether (sulfide) groups is 1. The third kappa shape index (κ3) is 5.23. The molecule has 3 aromatic heterocycles. The van der Waals surface area contributed by atoms with Crippen molar-refractivity contribution in [2.45, 2.75) is 24.8 Å². The van der Waals surface area contributed by atoms with Crippen LogP contribution in [0, 0.1) is 12.7 Å². The van der Waals surface area contributed by atoms with Crippen molar-refractivity contribution in [2.75, 3.05) is 12.0 Å². The average Bonchev–Trinajstić information content (AvgIpc) is 2.79. The van der Waals surface area contributed by atoms with Gasteiger partial charge in [-0.2, -0.15) is 0 Å². The number of nitrogens with one attached hydrogen (secondary N) is 1. The summed E-state index contributed by atoms with van der Waals surface area (Å²) < 4.78 is 13.7. The van der Waals surface area contributed by atoms with Gasteiger partial charge in [-0.25, -0.2) is 9.37 Å². The minimum Gasteiger partial charge on any atom is -0.382 e. The van der Waals surface area contributed by atoms with Crippen LogP contribution in [0.25, 0.3) is 10.9 Å². The van der Waals surface area contributed by atoms with Gasteiger partial charge in [-0.05, 0) is 60.7 Å². The molecule has 9 heteroatoms. The number of carbonyl (C=O) groups is 1. The second kappa shape index (κ2) is 9.72. The number of amides is 1. The molecule has 1 aromatic carbocycles. The van der Waals surface area contributed by atoms with E-state index in [9.17, 15) is 9.18 Å². The molecule has 3 N–H and O–H groups in total. The number of fused-ring (bicyclic) bond motifs is 1. The fourth-order valence-corrected chi connectivity index (χ4v) is 4.33. The maximum Gasteiger partial charge on any atom is 0.251 e. The number of hydrogen-bond acceptors (Lipinski definition) is 6. The van der Waals surface area contributed by atoms with Gasteiger partial charge in [0.05, 0.1) is 16.7 Å². The summed E-state index contributed by atoms with van der Waals surface area (Å²) in [6.07, 6.45) is 5.28. The van der Waals surface area contributed by atoms with E-state index in [2.05, 4.69) is 20.3 Å². The Labute approximate surface area is 199 Å². The Kier molecular flexibility index (Phi) is 6.76. The summed E-state index contributed by atoms with van der Waals surface area (Å²) in [6, 6.07) is 10.5. The molecular formula is C24H21ClFN5OS. The quantitative estimate of drug-likeness (QED) is 0.378. The van der Waals surface area contributed by atoms with Crippen molar-refractivity contribution < 1.29 is 9.18 Å². The maximum atomic E-state index is 13.7. The summed E-state index contributed by atoms with van der Waals surface area (Å²) in [6.45, 7) is 2.09. The second-order valence-electron chi connectivity index (χ2n) is 7.52. The summed E-state index contributed by atoms with van der Waals surface area (Å²) in [5.74, 6) is -0.350. The third-order valence-corrected chi connectivity index (χ3v) is 6.25. The molecule has 0 radical (unpaired) electrons. The number of aryl methyl sites for hydroxylation is 1. The predicted molar refractivity (Wildman–Crippen MR) is 130 cm³/mol. The van der Waals surface area contributed by atoms with E-state index in [1.165, 1.54) is 12.3 Å². The van der Waals surface area contributed by atoms with Crippen molar-refractivity contribution >= 4 is 46.0 Å². The number of nitrogens with zero attached hydrogens (tertiary/aromatic N) is 3. The fourth-order valence-electron chi connectivity index (χ4n) is 3.53. The number of carbonyl (C=O) groups excluding carboxylic acids is 1. The Hall–Kier alpha value is -3.23. The van der Waals surface area contributed by atoms with Crippen molar-refractivity contribution in [3.63, 3.8) is 0 Å². The number of anilines is 1. The Balaban J connectivity index is 1.52. The molecular weight excluding hydrogens is 461 g/mol. The van der Waals surface area contributed by atoms with Crippen molar-refractivity contribution in [3.05, 3.63) is 87.7 Å². The highest BCUT2D eigenvalue weighted by atomic mass is 35.5. The molecule has 6 nitrogen and oxygen atoms in total. The molecule has 33 heavy (non-hydrogen) atoms. The third-order valence-electron chi connectivity index (χ3n) is 5.20. The molecule has 0 unspecified atom stereocenters. The largest absolute Gasteiger partial charge is 0.382 e. The lowest BCUT2D eigenvalue weighted by Gasteiger charge is -2.11. The number of nitrogens with two attached hydrogens (primary N) is 1. The molecule has 4 aromatic rings. The number of nitrogen functional groups attached to an aromatic ring is 1. The van der Waals surface area contributed by atoms with Crippen LogP contribution in [0.3, 0.4) is 0 Å². The molecule has 0 spiro atoms. The lowest BCUT2D eigenvalue weighted by Crippen LogP contribution is -2.23. The van der Waals surface area contributed by atoms with E-state index in [0.29, 0.717) is 22.7 Å². The summed E-state index contributed by atoms with van der Waals surface area (Å²) in [5.41, 5.74) is 10.2. The number of rotatable bonds is 6.